The van der Waals surface area contributed by atoms with Crippen molar-refractivity contribution in [2.75, 3.05) is 64.9 Å². The van der Waals surface area contributed by atoms with Gasteiger partial charge in [-0.15, -0.1) is 24.0 Å². The standard InChI is InChI=1S/C21H31N7O.HI/c1-22-20(23-11-8-18-4-6-19(29-2)7-5-18)24-12-13-27-14-16-28(17-15-27)21-25-9-3-10-26-21;/h3-7,9-10H,8,11-17H2,1-2H3,(H2,22,23,24);1H. The Bertz CT molecular complexity index is 750. The molecule has 2 heterocycles. The predicted octanol–water partition coefficient (Wildman–Crippen LogP) is 1.63. The van der Waals surface area contributed by atoms with E-state index >= 15 is 0 Å². The van der Waals surface area contributed by atoms with Gasteiger partial charge in [0.1, 0.15) is 5.75 Å². The molecule has 0 amide bonds. The molecule has 9 heteroatoms. The number of guanidine groups is 1. The summed E-state index contributed by atoms with van der Waals surface area (Å²) < 4.78 is 5.19. The van der Waals surface area contributed by atoms with Gasteiger partial charge in [-0.1, -0.05) is 12.1 Å². The quantitative estimate of drug-likeness (QED) is 0.308. The van der Waals surface area contributed by atoms with Crippen LogP contribution in [0.1, 0.15) is 5.56 Å². The highest BCUT2D eigenvalue weighted by molar-refractivity contribution is 14.0. The molecule has 1 aromatic carbocycles. The van der Waals surface area contributed by atoms with Gasteiger partial charge in [-0.3, -0.25) is 9.89 Å². The number of anilines is 1. The second-order valence-electron chi connectivity index (χ2n) is 6.90. The molecule has 2 N–H and O–H groups in total. The fourth-order valence-electron chi connectivity index (χ4n) is 3.30. The zero-order valence-corrected chi connectivity index (χ0v) is 20.1. The van der Waals surface area contributed by atoms with E-state index in [2.05, 4.69) is 47.5 Å². The molecule has 1 aliphatic heterocycles. The first-order chi connectivity index (χ1) is 14.3. The minimum absolute atomic E-state index is 0. The maximum atomic E-state index is 5.19. The third-order valence-corrected chi connectivity index (χ3v) is 5.02. The fourth-order valence-corrected chi connectivity index (χ4v) is 3.30. The van der Waals surface area contributed by atoms with Crippen LogP contribution in [0.4, 0.5) is 5.95 Å². The Labute approximate surface area is 196 Å². The Kier molecular flexibility index (Phi) is 10.6. The van der Waals surface area contributed by atoms with Gasteiger partial charge < -0.3 is 20.3 Å². The van der Waals surface area contributed by atoms with Crippen molar-refractivity contribution in [1.29, 1.82) is 0 Å². The van der Waals surface area contributed by atoms with Crippen LogP contribution >= 0.6 is 24.0 Å². The van der Waals surface area contributed by atoms with Crippen LogP contribution in [-0.2, 0) is 6.42 Å². The van der Waals surface area contributed by atoms with Gasteiger partial charge in [-0.2, -0.15) is 0 Å². The van der Waals surface area contributed by atoms with E-state index in [1.54, 1.807) is 26.6 Å². The van der Waals surface area contributed by atoms with Crippen LogP contribution in [0.5, 0.6) is 5.75 Å². The summed E-state index contributed by atoms with van der Waals surface area (Å²) in [4.78, 5) is 17.7. The molecule has 1 aromatic heterocycles. The molecule has 0 saturated carbocycles. The molecule has 3 rings (SSSR count). The lowest BCUT2D eigenvalue weighted by atomic mass is 10.1. The number of aliphatic imine (C=N–C) groups is 1. The number of methoxy groups -OCH3 is 1. The van der Waals surface area contributed by atoms with E-state index in [-0.39, 0.29) is 24.0 Å². The molecule has 0 spiro atoms. The molecule has 0 aliphatic carbocycles. The Balaban J connectivity index is 0.00000320. The van der Waals surface area contributed by atoms with Crippen molar-refractivity contribution in [3.05, 3.63) is 48.3 Å². The van der Waals surface area contributed by atoms with Crippen LogP contribution in [0.15, 0.2) is 47.7 Å². The average Bonchev–Trinajstić information content (AvgIpc) is 2.79. The largest absolute Gasteiger partial charge is 0.497 e. The van der Waals surface area contributed by atoms with Crippen LogP contribution in [0.2, 0.25) is 0 Å². The second-order valence-corrected chi connectivity index (χ2v) is 6.90. The molecule has 0 atom stereocenters. The number of nitrogens with zero attached hydrogens (tertiary/aromatic N) is 5. The van der Waals surface area contributed by atoms with Gasteiger partial charge in [-0.05, 0) is 30.2 Å². The van der Waals surface area contributed by atoms with E-state index < -0.39 is 0 Å². The van der Waals surface area contributed by atoms with E-state index in [9.17, 15) is 0 Å². The highest BCUT2D eigenvalue weighted by Gasteiger charge is 2.18. The van der Waals surface area contributed by atoms with Gasteiger partial charge in [-0.25, -0.2) is 9.97 Å². The summed E-state index contributed by atoms with van der Waals surface area (Å²) in [5.74, 6) is 2.55. The lowest BCUT2D eigenvalue weighted by Gasteiger charge is -2.34. The third kappa shape index (κ3) is 7.60. The van der Waals surface area contributed by atoms with Gasteiger partial charge in [0.05, 0.1) is 7.11 Å². The number of rotatable bonds is 8. The summed E-state index contributed by atoms with van der Waals surface area (Å²) in [6.07, 6.45) is 4.53. The first kappa shape index (κ1) is 24.1. The molecular weight excluding hydrogens is 493 g/mol. The number of ether oxygens (including phenoxy) is 1. The molecule has 164 valence electrons. The maximum Gasteiger partial charge on any atom is 0.225 e. The molecule has 1 saturated heterocycles. The smallest absolute Gasteiger partial charge is 0.225 e. The van der Waals surface area contributed by atoms with Crippen molar-refractivity contribution in [2.24, 2.45) is 4.99 Å². The lowest BCUT2D eigenvalue weighted by Crippen LogP contribution is -2.49. The summed E-state index contributed by atoms with van der Waals surface area (Å²) in [6.45, 7) is 6.64. The second kappa shape index (κ2) is 13.2. The molecule has 30 heavy (non-hydrogen) atoms. The summed E-state index contributed by atoms with van der Waals surface area (Å²) in [5.41, 5.74) is 1.27. The molecular formula is C21H32IN7O. The lowest BCUT2D eigenvalue weighted by molar-refractivity contribution is 0.260. The van der Waals surface area contributed by atoms with Crippen LogP contribution in [-0.4, -0.2) is 80.8 Å². The van der Waals surface area contributed by atoms with Crippen molar-refractivity contribution in [3.8, 4) is 5.75 Å². The number of hydrogen-bond acceptors (Lipinski definition) is 6. The SMILES string of the molecule is CN=C(NCCc1ccc(OC)cc1)NCCN1CCN(c2ncccn2)CC1.I. The van der Waals surface area contributed by atoms with Gasteiger partial charge in [0.15, 0.2) is 5.96 Å². The zero-order chi connectivity index (χ0) is 20.3. The molecule has 1 fully saturated rings. The molecule has 1 aliphatic rings. The first-order valence-corrected chi connectivity index (χ1v) is 10.1. The number of benzene rings is 1. The van der Waals surface area contributed by atoms with Crippen LogP contribution in [0.25, 0.3) is 0 Å². The van der Waals surface area contributed by atoms with Crippen molar-refractivity contribution < 1.29 is 4.74 Å². The number of piperazine rings is 1. The number of hydrogen-bond donors (Lipinski definition) is 2. The highest BCUT2D eigenvalue weighted by atomic mass is 127. The molecule has 8 nitrogen and oxygen atoms in total. The summed E-state index contributed by atoms with van der Waals surface area (Å²) in [6, 6.07) is 10.0. The minimum atomic E-state index is 0. The molecule has 0 bridgehead atoms. The van der Waals surface area contributed by atoms with E-state index in [0.29, 0.717) is 0 Å². The van der Waals surface area contributed by atoms with E-state index in [1.807, 2.05) is 18.2 Å². The third-order valence-electron chi connectivity index (χ3n) is 5.02. The summed E-state index contributed by atoms with van der Waals surface area (Å²) in [7, 11) is 3.49. The van der Waals surface area contributed by atoms with E-state index in [4.69, 9.17) is 4.74 Å². The minimum Gasteiger partial charge on any atom is -0.497 e. The Morgan fingerprint density at radius 3 is 2.33 bits per heavy atom. The van der Waals surface area contributed by atoms with Crippen LogP contribution in [0.3, 0.4) is 0 Å². The van der Waals surface area contributed by atoms with E-state index in [1.165, 1.54) is 5.56 Å². The summed E-state index contributed by atoms with van der Waals surface area (Å²) >= 11 is 0. The monoisotopic (exact) mass is 525 g/mol. The van der Waals surface area contributed by atoms with Crippen molar-refractivity contribution >= 4 is 35.9 Å². The predicted molar refractivity (Wildman–Crippen MR) is 132 cm³/mol. The Morgan fingerprint density at radius 1 is 1.03 bits per heavy atom. The zero-order valence-electron chi connectivity index (χ0n) is 17.8. The molecule has 0 unspecified atom stereocenters. The van der Waals surface area contributed by atoms with Crippen molar-refractivity contribution in [2.45, 2.75) is 6.42 Å². The van der Waals surface area contributed by atoms with Crippen molar-refractivity contribution in [3.63, 3.8) is 0 Å². The fraction of sp³-hybridized carbons (Fsp3) is 0.476. The van der Waals surface area contributed by atoms with E-state index in [0.717, 1.165) is 69.9 Å². The molecule has 2 aromatic rings. The molecule has 0 radical (unpaired) electrons. The van der Waals surface area contributed by atoms with Crippen LogP contribution in [0, 0.1) is 0 Å². The number of aromatic nitrogens is 2. The topological polar surface area (TPSA) is 77.9 Å². The highest BCUT2D eigenvalue weighted by Crippen LogP contribution is 2.11. The normalized spacial score (nSPS) is 14.7. The Hall–Kier alpha value is -2.14. The van der Waals surface area contributed by atoms with Gasteiger partial charge >= 0.3 is 0 Å². The van der Waals surface area contributed by atoms with Gasteiger partial charge in [0, 0.05) is 65.3 Å². The first-order valence-electron chi connectivity index (χ1n) is 10.1. The summed E-state index contributed by atoms with van der Waals surface area (Å²) in [5, 5.41) is 6.78. The Morgan fingerprint density at radius 2 is 1.70 bits per heavy atom. The average molecular weight is 525 g/mol. The van der Waals surface area contributed by atoms with Gasteiger partial charge in [0.25, 0.3) is 0 Å². The van der Waals surface area contributed by atoms with Crippen molar-refractivity contribution in [1.82, 2.24) is 25.5 Å². The number of halogens is 1. The maximum absolute atomic E-state index is 5.19. The van der Waals surface area contributed by atoms with Gasteiger partial charge in [0.2, 0.25) is 5.95 Å². The number of nitrogens with one attached hydrogen (secondary N) is 2. The van der Waals surface area contributed by atoms with Crippen LogP contribution < -0.4 is 20.3 Å².